The molecule has 1 aromatic heterocycles. The maximum absolute atomic E-state index is 4.69. The van der Waals surface area contributed by atoms with E-state index in [2.05, 4.69) is 102 Å². The van der Waals surface area contributed by atoms with Crippen molar-refractivity contribution in [1.29, 1.82) is 0 Å². The van der Waals surface area contributed by atoms with Gasteiger partial charge < -0.3 is 9.47 Å². The van der Waals surface area contributed by atoms with Gasteiger partial charge in [0.15, 0.2) is 0 Å². The van der Waals surface area contributed by atoms with E-state index in [9.17, 15) is 0 Å². The maximum atomic E-state index is 4.69. The Labute approximate surface area is 150 Å². The van der Waals surface area contributed by atoms with Crippen LogP contribution in [0.1, 0.15) is 55.4 Å². The molecule has 0 unspecified atom stereocenters. The number of anilines is 1. The summed E-state index contributed by atoms with van der Waals surface area (Å²) >= 11 is 0. The summed E-state index contributed by atoms with van der Waals surface area (Å²) in [6.45, 7) is 18.4. The number of aromatic nitrogens is 2. The highest BCUT2D eigenvalue weighted by Crippen LogP contribution is 2.49. The van der Waals surface area contributed by atoms with Crippen LogP contribution in [-0.4, -0.2) is 57.2 Å². The summed E-state index contributed by atoms with van der Waals surface area (Å²) in [5.74, 6) is 1.01. The van der Waals surface area contributed by atoms with Crippen molar-refractivity contribution in [2.75, 3.05) is 19.0 Å². The minimum atomic E-state index is -0.625. The number of imidazole rings is 1. The summed E-state index contributed by atoms with van der Waals surface area (Å²) in [5, 5.41) is 0. The van der Waals surface area contributed by atoms with Gasteiger partial charge in [-0.2, -0.15) is 0 Å². The largest absolute Gasteiger partial charge is 0.348 e. The smallest absolute Gasteiger partial charge is 0.205 e. The van der Waals surface area contributed by atoms with E-state index in [1.165, 1.54) is 5.44 Å². The average Bonchev–Trinajstić information content (AvgIpc) is 2.77. The molecule has 1 aromatic rings. The molecule has 0 bridgehead atoms. The number of hydrogen-bond acceptors (Lipinski definition) is 4. The van der Waals surface area contributed by atoms with Crippen LogP contribution in [0.15, 0.2) is 6.20 Å². The van der Waals surface area contributed by atoms with Gasteiger partial charge in [-0.05, 0) is 55.4 Å². The molecule has 0 amide bonds. The molecule has 1 heterocycles. The number of hydrogen-bond donors (Lipinski definition) is 0. The molecule has 5 nitrogen and oxygen atoms in total. The van der Waals surface area contributed by atoms with Gasteiger partial charge >= 0.3 is 0 Å². The molecular formula is C18H38N5P. The Morgan fingerprint density at radius 1 is 0.833 bits per heavy atom. The van der Waals surface area contributed by atoms with Gasteiger partial charge in [-0.15, -0.1) is 0 Å². The zero-order chi connectivity index (χ0) is 18.8. The molecule has 24 heavy (non-hydrogen) atoms. The van der Waals surface area contributed by atoms with E-state index in [1.807, 2.05) is 0 Å². The first kappa shape index (κ1) is 21.4. The molecule has 140 valence electrons. The van der Waals surface area contributed by atoms with E-state index in [0.717, 1.165) is 5.95 Å². The van der Waals surface area contributed by atoms with Crippen LogP contribution < -0.4 is 10.3 Å². The fraction of sp³-hybridized carbons (Fsp3) is 0.833. The van der Waals surface area contributed by atoms with Gasteiger partial charge in [-0.1, -0.05) is 0 Å². The fourth-order valence-electron chi connectivity index (χ4n) is 3.42. The third-order valence-corrected chi connectivity index (χ3v) is 7.65. The summed E-state index contributed by atoms with van der Waals surface area (Å²) in [4.78, 5) is 6.77. The first-order valence-corrected chi connectivity index (χ1v) is 10.3. The van der Waals surface area contributed by atoms with Crippen molar-refractivity contribution in [2.45, 2.75) is 79.6 Å². The van der Waals surface area contributed by atoms with Crippen LogP contribution in [0, 0.1) is 0 Å². The molecule has 0 aliphatic heterocycles. The Morgan fingerprint density at radius 3 is 1.46 bits per heavy atom. The van der Waals surface area contributed by atoms with Gasteiger partial charge in [-0.3, -0.25) is 9.34 Å². The first-order valence-electron chi connectivity index (χ1n) is 9.06. The standard InChI is InChI=1S/C18H38N5P/c1-13(2)22(14(3)4)24(23(15(5)6)16(7)8)17-12-19-18(20(9)10)21(17)11/h12-16H,1-11H3. The monoisotopic (exact) mass is 355 g/mol. The Morgan fingerprint density at radius 2 is 1.21 bits per heavy atom. The Bertz CT molecular complexity index is 472. The molecule has 0 N–H and O–H groups in total. The average molecular weight is 356 g/mol. The summed E-state index contributed by atoms with van der Waals surface area (Å²) in [6, 6.07) is 1.92. The van der Waals surface area contributed by atoms with Crippen molar-refractivity contribution < 1.29 is 0 Å². The normalized spacial score (nSPS) is 12.9. The molecule has 0 radical (unpaired) electrons. The lowest BCUT2D eigenvalue weighted by atomic mass is 10.3. The van der Waals surface area contributed by atoms with Crippen molar-refractivity contribution in [1.82, 2.24) is 18.9 Å². The molecule has 1 rings (SSSR count). The summed E-state index contributed by atoms with van der Waals surface area (Å²) in [7, 11) is 5.63. The van der Waals surface area contributed by atoms with E-state index < -0.39 is 8.22 Å². The van der Waals surface area contributed by atoms with E-state index in [0.29, 0.717) is 24.2 Å². The second-order valence-corrected chi connectivity index (χ2v) is 9.76. The second kappa shape index (κ2) is 8.64. The third-order valence-electron chi connectivity index (χ3n) is 4.10. The molecule has 0 atom stereocenters. The van der Waals surface area contributed by atoms with Crippen molar-refractivity contribution >= 4 is 19.6 Å². The highest BCUT2D eigenvalue weighted by molar-refractivity contribution is 7.60. The van der Waals surface area contributed by atoms with Crippen LogP contribution in [0.2, 0.25) is 0 Å². The van der Waals surface area contributed by atoms with Crippen LogP contribution in [0.3, 0.4) is 0 Å². The predicted molar refractivity (Wildman–Crippen MR) is 108 cm³/mol. The van der Waals surface area contributed by atoms with Gasteiger partial charge in [-0.25, -0.2) is 4.98 Å². The van der Waals surface area contributed by atoms with Crippen LogP contribution in [0.5, 0.6) is 0 Å². The van der Waals surface area contributed by atoms with Crippen LogP contribution in [-0.2, 0) is 7.05 Å². The fourth-order valence-corrected chi connectivity index (χ4v) is 6.40. The maximum Gasteiger partial charge on any atom is 0.205 e. The Balaban J connectivity index is 3.53. The topological polar surface area (TPSA) is 27.5 Å². The zero-order valence-corrected chi connectivity index (χ0v) is 18.5. The molecule has 0 aliphatic carbocycles. The molecule has 0 saturated carbocycles. The van der Waals surface area contributed by atoms with E-state index in [-0.39, 0.29) is 0 Å². The molecule has 0 saturated heterocycles. The summed E-state index contributed by atoms with van der Waals surface area (Å²) in [6.07, 6.45) is 2.08. The quantitative estimate of drug-likeness (QED) is 0.665. The Hall–Kier alpha value is -0.640. The SMILES string of the molecule is CC(C)N(C(C)C)P(c1cnc(N(C)C)n1C)N(C(C)C)C(C)C. The van der Waals surface area contributed by atoms with Gasteiger partial charge in [0.1, 0.15) is 0 Å². The van der Waals surface area contributed by atoms with E-state index >= 15 is 0 Å². The van der Waals surface area contributed by atoms with Crippen molar-refractivity contribution in [3.63, 3.8) is 0 Å². The highest BCUT2D eigenvalue weighted by atomic mass is 31.1. The molecule has 0 aromatic carbocycles. The summed E-state index contributed by atoms with van der Waals surface area (Å²) in [5.41, 5.74) is 1.32. The second-order valence-electron chi connectivity index (χ2n) is 7.79. The van der Waals surface area contributed by atoms with Crippen molar-refractivity contribution in [3.8, 4) is 0 Å². The van der Waals surface area contributed by atoms with Crippen LogP contribution in [0.25, 0.3) is 0 Å². The lowest BCUT2D eigenvalue weighted by molar-refractivity contribution is 0.260. The predicted octanol–water partition coefficient (Wildman–Crippen LogP) is 3.66. The number of nitrogens with zero attached hydrogens (tertiary/aromatic N) is 5. The van der Waals surface area contributed by atoms with Gasteiger partial charge in [0, 0.05) is 45.3 Å². The molecule has 0 spiro atoms. The highest BCUT2D eigenvalue weighted by Gasteiger charge is 2.36. The lowest BCUT2D eigenvalue weighted by Crippen LogP contribution is -2.46. The van der Waals surface area contributed by atoms with E-state index in [1.54, 1.807) is 0 Å². The van der Waals surface area contributed by atoms with E-state index in [4.69, 9.17) is 4.98 Å². The minimum absolute atomic E-state index is 0.480. The molecule has 0 fully saturated rings. The number of rotatable bonds is 8. The van der Waals surface area contributed by atoms with Gasteiger partial charge in [0.05, 0.1) is 19.9 Å². The van der Waals surface area contributed by atoms with Crippen molar-refractivity contribution in [2.24, 2.45) is 7.05 Å². The first-order chi connectivity index (χ1) is 11.0. The molecular weight excluding hydrogens is 317 g/mol. The van der Waals surface area contributed by atoms with Crippen LogP contribution >= 0.6 is 8.22 Å². The van der Waals surface area contributed by atoms with Crippen molar-refractivity contribution in [3.05, 3.63) is 6.20 Å². The lowest BCUT2D eigenvalue weighted by Gasteiger charge is -2.47. The molecule has 0 aliphatic rings. The van der Waals surface area contributed by atoms with Gasteiger partial charge in [0.25, 0.3) is 0 Å². The molecule has 6 heteroatoms. The summed E-state index contributed by atoms with van der Waals surface area (Å²) < 4.78 is 7.58. The minimum Gasteiger partial charge on any atom is -0.348 e. The third kappa shape index (κ3) is 4.50. The van der Waals surface area contributed by atoms with Crippen LogP contribution in [0.4, 0.5) is 5.95 Å². The Kier molecular flexibility index (Phi) is 7.71. The van der Waals surface area contributed by atoms with Gasteiger partial charge in [0.2, 0.25) is 5.95 Å². The zero-order valence-electron chi connectivity index (χ0n) is 17.6.